The molecule has 1 aliphatic heterocycles. The molecule has 0 bridgehead atoms. The van der Waals surface area contributed by atoms with Crippen molar-refractivity contribution in [3.8, 4) is 0 Å². The van der Waals surface area contributed by atoms with Crippen LogP contribution < -0.4 is 0 Å². The molecule has 1 fully saturated rings. The van der Waals surface area contributed by atoms with Crippen LogP contribution in [0, 0.1) is 11.8 Å². The molecule has 15 heavy (non-hydrogen) atoms. The van der Waals surface area contributed by atoms with E-state index in [1.165, 1.54) is 0 Å². The molecule has 0 N–H and O–H groups in total. The Morgan fingerprint density at radius 2 is 2.27 bits per heavy atom. The van der Waals surface area contributed by atoms with Gasteiger partial charge >= 0.3 is 5.97 Å². The Hall–Kier alpha value is -0.860. The molecule has 1 aliphatic rings. The largest absolute Gasteiger partial charge is 0.462 e. The lowest BCUT2D eigenvalue weighted by atomic mass is 9.83. The highest BCUT2D eigenvalue weighted by Crippen LogP contribution is 2.32. The Morgan fingerprint density at radius 3 is 2.67 bits per heavy atom. The van der Waals surface area contributed by atoms with Gasteiger partial charge in [0, 0.05) is 6.42 Å². The SMILES string of the molecule is CCCC(CC(C)=O)C1CC(C)OC1=O. The molecule has 0 spiro atoms. The van der Waals surface area contributed by atoms with Gasteiger partial charge in [-0.05, 0) is 32.6 Å². The maximum absolute atomic E-state index is 11.5. The highest BCUT2D eigenvalue weighted by atomic mass is 16.5. The molecule has 0 aromatic carbocycles. The van der Waals surface area contributed by atoms with Gasteiger partial charge in [-0.3, -0.25) is 4.79 Å². The first-order valence-corrected chi connectivity index (χ1v) is 5.74. The van der Waals surface area contributed by atoms with Gasteiger partial charge in [-0.1, -0.05) is 13.3 Å². The van der Waals surface area contributed by atoms with Crippen molar-refractivity contribution in [2.24, 2.45) is 11.8 Å². The van der Waals surface area contributed by atoms with Gasteiger partial charge < -0.3 is 9.53 Å². The van der Waals surface area contributed by atoms with Crippen LogP contribution in [0.3, 0.4) is 0 Å². The minimum atomic E-state index is -0.109. The molecule has 1 saturated heterocycles. The van der Waals surface area contributed by atoms with E-state index in [0.29, 0.717) is 6.42 Å². The quantitative estimate of drug-likeness (QED) is 0.657. The summed E-state index contributed by atoms with van der Waals surface area (Å²) in [5.41, 5.74) is 0. The first kappa shape index (κ1) is 12.2. The molecule has 1 rings (SSSR count). The highest BCUT2D eigenvalue weighted by Gasteiger charge is 2.37. The van der Waals surface area contributed by atoms with Crippen LogP contribution in [0.25, 0.3) is 0 Å². The van der Waals surface area contributed by atoms with Crippen molar-refractivity contribution >= 4 is 11.8 Å². The lowest BCUT2D eigenvalue weighted by Crippen LogP contribution is -2.21. The molecule has 0 amide bonds. The van der Waals surface area contributed by atoms with E-state index in [1.807, 2.05) is 6.92 Å². The fourth-order valence-corrected chi connectivity index (χ4v) is 2.36. The fraction of sp³-hybridized carbons (Fsp3) is 0.833. The second-order valence-corrected chi connectivity index (χ2v) is 4.54. The number of rotatable bonds is 5. The average Bonchev–Trinajstić information content (AvgIpc) is 2.44. The number of esters is 1. The zero-order valence-electron chi connectivity index (χ0n) is 9.79. The average molecular weight is 212 g/mol. The van der Waals surface area contributed by atoms with E-state index < -0.39 is 0 Å². The van der Waals surface area contributed by atoms with E-state index in [4.69, 9.17) is 4.74 Å². The summed E-state index contributed by atoms with van der Waals surface area (Å²) < 4.78 is 5.13. The molecule has 86 valence electrons. The van der Waals surface area contributed by atoms with Crippen LogP contribution in [0.2, 0.25) is 0 Å². The summed E-state index contributed by atoms with van der Waals surface area (Å²) in [5, 5.41) is 0. The van der Waals surface area contributed by atoms with Crippen LogP contribution in [-0.4, -0.2) is 17.9 Å². The molecule has 3 heteroatoms. The molecular weight excluding hydrogens is 192 g/mol. The van der Waals surface area contributed by atoms with Gasteiger partial charge in [-0.15, -0.1) is 0 Å². The fourth-order valence-electron chi connectivity index (χ4n) is 2.36. The highest BCUT2D eigenvalue weighted by molar-refractivity contribution is 5.79. The zero-order valence-corrected chi connectivity index (χ0v) is 9.79. The lowest BCUT2D eigenvalue weighted by molar-refractivity contribution is -0.145. The standard InChI is InChI=1S/C12H20O3/c1-4-5-10(6-8(2)13)11-7-9(3)15-12(11)14/h9-11H,4-7H2,1-3H3. The van der Waals surface area contributed by atoms with E-state index in [9.17, 15) is 9.59 Å². The smallest absolute Gasteiger partial charge is 0.309 e. The number of Topliss-reactive ketones (excluding diaryl/α,β-unsaturated/α-hetero) is 1. The maximum Gasteiger partial charge on any atom is 0.309 e. The number of cyclic esters (lactones) is 1. The predicted octanol–water partition coefficient (Wildman–Crippen LogP) is 2.33. The van der Waals surface area contributed by atoms with Gasteiger partial charge in [-0.2, -0.15) is 0 Å². The molecule has 1 heterocycles. The Morgan fingerprint density at radius 1 is 1.60 bits per heavy atom. The van der Waals surface area contributed by atoms with Gasteiger partial charge in [0.05, 0.1) is 12.0 Å². The van der Waals surface area contributed by atoms with Crippen LogP contribution in [0.5, 0.6) is 0 Å². The molecule has 3 atom stereocenters. The Kier molecular flexibility index (Phi) is 4.30. The Balaban J connectivity index is 2.62. The Bertz CT molecular complexity index is 247. The van der Waals surface area contributed by atoms with E-state index in [1.54, 1.807) is 6.92 Å². The van der Waals surface area contributed by atoms with Crippen molar-refractivity contribution in [3.63, 3.8) is 0 Å². The number of carbonyl (C=O) groups excluding carboxylic acids is 2. The van der Waals surface area contributed by atoms with Crippen LogP contribution in [0.4, 0.5) is 0 Å². The first-order chi connectivity index (χ1) is 7.04. The zero-order chi connectivity index (χ0) is 11.4. The number of ether oxygens (including phenoxy) is 1. The molecule has 3 unspecified atom stereocenters. The van der Waals surface area contributed by atoms with Crippen molar-refractivity contribution in [1.29, 1.82) is 0 Å². The normalized spacial score (nSPS) is 27.5. The second kappa shape index (κ2) is 5.29. The van der Waals surface area contributed by atoms with Crippen molar-refractivity contribution in [3.05, 3.63) is 0 Å². The molecular formula is C12H20O3. The van der Waals surface area contributed by atoms with Crippen molar-refractivity contribution in [1.82, 2.24) is 0 Å². The summed E-state index contributed by atoms with van der Waals surface area (Å²) in [5.74, 6) is 0.191. The predicted molar refractivity (Wildman–Crippen MR) is 57.4 cm³/mol. The third-order valence-electron chi connectivity index (χ3n) is 2.98. The molecule has 0 aromatic heterocycles. The van der Waals surface area contributed by atoms with Gasteiger partial charge in [-0.25, -0.2) is 0 Å². The topological polar surface area (TPSA) is 43.4 Å². The molecule has 3 nitrogen and oxygen atoms in total. The maximum atomic E-state index is 11.5. The lowest BCUT2D eigenvalue weighted by Gasteiger charge is -2.18. The first-order valence-electron chi connectivity index (χ1n) is 5.74. The van der Waals surface area contributed by atoms with Crippen molar-refractivity contribution in [2.45, 2.75) is 52.6 Å². The number of hydrogen-bond donors (Lipinski definition) is 0. The van der Waals surface area contributed by atoms with E-state index in [2.05, 4.69) is 6.92 Å². The summed E-state index contributed by atoms with van der Waals surface area (Å²) in [4.78, 5) is 22.7. The van der Waals surface area contributed by atoms with Gasteiger partial charge in [0.1, 0.15) is 5.78 Å². The summed E-state index contributed by atoms with van der Waals surface area (Å²) >= 11 is 0. The summed E-state index contributed by atoms with van der Waals surface area (Å²) in [7, 11) is 0. The van der Waals surface area contributed by atoms with Crippen LogP contribution >= 0.6 is 0 Å². The van der Waals surface area contributed by atoms with Gasteiger partial charge in [0.25, 0.3) is 0 Å². The minimum absolute atomic E-state index is 0.0221. The van der Waals surface area contributed by atoms with Crippen LogP contribution in [-0.2, 0) is 14.3 Å². The molecule has 0 saturated carbocycles. The number of ketones is 1. The van der Waals surface area contributed by atoms with E-state index in [-0.39, 0.29) is 29.7 Å². The van der Waals surface area contributed by atoms with Crippen molar-refractivity contribution in [2.75, 3.05) is 0 Å². The Labute approximate surface area is 91.2 Å². The van der Waals surface area contributed by atoms with Gasteiger partial charge in [0.15, 0.2) is 0 Å². The third-order valence-corrected chi connectivity index (χ3v) is 2.98. The third kappa shape index (κ3) is 3.33. The van der Waals surface area contributed by atoms with Crippen LogP contribution in [0.15, 0.2) is 0 Å². The minimum Gasteiger partial charge on any atom is -0.462 e. The summed E-state index contributed by atoms with van der Waals surface area (Å²) in [6.07, 6.45) is 3.26. The van der Waals surface area contributed by atoms with E-state index >= 15 is 0 Å². The number of carbonyl (C=O) groups is 2. The summed E-state index contributed by atoms with van der Waals surface area (Å²) in [6.45, 7) is 5.58. The van der Waals surface area contributed by atoms with Gasteiger partial charge in [0.2, 0.25) is 0 Å². The number of hydrogen-bond acceptors (Lipinski definition) is 3. The van der Waals surface area contributed by atoms with Crippen LogP contribution in [0.1, 0.15) is 46.5 Å². The monoisotopic (exact) mass is 212 g/mol. The second-order valence-electron chi connectivity index (χ2n) is 4.54. The molecule has 0 aliphatic carbocycles. The molecule has 0 aromatic rings. The van der Waals surface area contributed by atoms with E-state index in [0.717, 1.165) is 19.3 Å². The van der Waals surface area contributed by atoms with Crippen molar-refractivity contribution < 1.29 is 14.3 Å². The molecule has 0 radical (unpaired) electrons. The summed E-state index contributed by atoms with van der Waals surface area (Å²) in [6, 6.07) is 0.